The zero-order valence-corrected chi connectivity index (χ0v) is 21.2. The molecule has 0 unspecified atom stereocenters. The first-order chi connectivity index (χ1) is 15.3. The Morgan fingerprint density at radius 3 is 2.34 bits per heavy atom. The Hall–Kier alpha value is -1.12. The molecule has 0 spiro atoms. The second-order valence-electron chi connectivity index (χ2n) is 8.75. The highest BCUT2D eigenvalue weighted by Crippen LogP contribution is 2.27. The number of benzene rings is 1. The highest BCUT2D eigenvalue weighted by Gasteiger charge is 2.30. The first-order valence-corrected chi connectivity index (χ1v) is 13.6. The summed E-state index contributed by atoms with van der Waals surface area (Å²) >= 11 is 5.87. The fraction of sp³-hybridized carbons (Fsp3) is 0.667. The molecule has 0 heterocycles. The lowest BCUT2D eigenvalue weighted by Crippen LogP contribution is -2.43. The third-order valence-electron chi connectivity index (χ3n) is 6.11. The Kier molecular flexibility index (Phi) is 12.0. The molecule has 8 heteroatoms. The second kappa shape index (κ2) is 14.2. The number of halogens is 1. The van der Waals surface area contributed by atoms with Gasteiger partial charge in [-0.1, -0.05) is 36.9 Å². The van der Waals surface area contributed by atoms with Crippen LogP contribution in [0.4, 0.5) is 5.69 Å². The van der Waals surface area contributed by atoms with Crippen molar-refractivity contribution in [3.63, 3.8) is 0 Å². The lowest BCUT2D eigenvalue weighted by molar-refractivity contribution is 0.0157. The fourth-order valence-corrected chi connectivity index (χ4v) is 5.39. The van der Waals surface area contributed by atoms with Gasteiger partial charge in [0.2, 0.25) is 0 Å². The van der Waals surface area contributed by atoms with Crippen LogP contribution in [0.1, 0.15) is 57.8 Å². The number of ether oxygens (including phenoxy) is 1. The maximum Gasteiger partial charge on any atom is 0.301 e. The maximum absolute atomic E-state index is 12.7. The van der Waals surface area contributed by atoms with Gasteiger partial charge in [0.1, 0.15) is 0 Å². The summed E-state index contributed by atoms with van der Waals surface area (Å²) in [6.45, 7) is 6.66. The van der Waals surface area contributed by atoms with Crippen LogP contribution >= 0.6 is 11.6 Å². The molecular weight excluding hydrogens is 446 g/mol. The molecular formula is C24H40ClN3O3S. The summed E-state index contributed by atoms with van der Waals surface area (Å²) in [7, 11) is 0.192. The fourth-order valence-electron chi connectivity index (χ4n) is 4.09. The first kappa shape index (κ1) is 27.1. The van der Waals surface area contributed by atoms with Crippen LogP contribution in [0.25, 0.3) is 0 Å². The van der Waals surface area contributed by atoms with Crippen LogP contribution in [0.2, 0.25) is 5.02 Å². The molecule has 1 aliphatic carbocycles. The average molecular weight is 486 g/mol. The molecule has 0 atom stereocenters. The van der Waals surface area contributed by atoms with Crippen LogP contribution in [-0.4, -0.2) is 63.6 Å². The molecule has 1 N–H and O–H groups in total. The van der Waals surface area contributed by atoms with E-state index in [4.69, 9.17) is 16.3 Å². The summed E-state index contributed by atoms with van der Waals surface area (Å²) in [6, 6.07) is 6.68. The predicted octanol–water partition coefficient (Wildman–Crippen LogP) is 5.32. The van der Waals surface area contributed by atoms with Gasteiger partial charge < -0.3 is 9.64 Å². The van der Waals surface area contributed by atoms with Gasteiger partial charge in [0, 0.05) is 37.0 Å². The van der Waals surface area contributed by atoms with E-state index in [1.165, 1.54) is 30.0 Å². The number of nitrogens with one attached hydrogen (secondary N) is 1. The first-order valence-electron chi connectivity index (χ1n) is 11.7. The van der Waals surface area contributed by atoms with Gasteiger partial charge >= 0.3 is 10.2 Å². The van der Waals surface area contributed by atoms with Crippen LogP contribution in [0.15, 0.2) is 36.9 Å². The largest absolute Gasteiger partial charge is 0.378 e. The molecule has 0 aromatic heterocycles. The molecule has 32 heavy (non-hydrogen) atoms. The molecule has 0 bridgehead atoms. The molecule has 0 radical (unpaired) electrons. The van der Waals surface area contributed by atoms with E-state index in [1.54, 1.807) is 31.3 Å². The van der Waals surface area contributed by atoms with Crippen LogP contribution in [0.5, 0.6) is 0 Å². The number of unbranched alkanes of at least 4 members (excludes halogenated alkanes) is 4. The van der Waals surface area contributed by atoms with E-state index in [1.807, 2.05) is 6.08 Å². The van der Waals surface area contributed by atoms with Gasteiger partial charge in [-0.2, -0.15) is 12.7 Å². The Labute approximate surface area is 200 Å². The minimum atomic E-state index is -3.59. The minimum Gasteiger partial charge on any atom is -0.378 e. The van der Waals surface area contributed by atoms with Crippen LogP contribution in [0, 0.1) is 0 Å². The molecule has 1 fully saturated rings. The van der Waals surface area contributed by atoms with Gasteiger partial charge in [0.05, 0.1) is 6.10 Å². The van der Waals surface area contributed by atoms with Crippen molar-refractivity contribution < 1.29 is 13.2 Å². The summed E-state index contributed by atoms with van der Waals surface area (Å²) < 4.78 is 35.6. The van der Waals surface area contributed by atoms with Gasteiger partial charge in [0.15, 0.2) is 0 Å². The van der Waals surface area contributed by atoms with Gasteiger partial charge in [-0.05, 0) is 76.4 Å². The molecule has 1 saturated carbocycles. The van der Waals surface area contributed by atoms with Crippen molar-refractivity contribution in [2.75, 3.05) is 38.5 Å². The van der Waals surface area contributed by atoms with Gasteiger partial charge in [0.25, 0.3) is 0 Å². The molecule has 1 aliphatic rings. The lowest BCUT2D eigenvalue weighted by Gasteiger charge is -2.34. The summed E-state index contributed by atoms with van der Waals surface area (Å²) in [6.07, 6.45) is 11.7. The third-order valence-corrected chi connectivity index (χ3v) is 7.91. The number of likely N-dealkylation sites (N-methyl/N-ethyl adjacent to an activating group) is 1. The molecule has 1 aromatic carbocycles. The van der Waals surface area contributed by atoms with Gasteiger partial charge in [-0.3, -0.25) is 4.72 Å². The van der Waals surface area contributed by atoms with E-state index >= 15 is 0 Å². The molecule has 182 valence electrons. The highest BCUT2D eigenvalue weighted by molar-refractivity contribution is 7.90. The molecule has 0 aliphatic heterocycles. The predicted molar refractivity (Wildman–Crippen MR) is 135 cm³/mol. The van der Waals surface area contributed by atoms with Crippen LogP contribution in [-0.2, 0) is 14.9 Å². The summed E-state index contributed by atoms with van der Waals surface area (Å²) in [5.74, 6) is 0. The molecule has 0 saturated heterocycles. The third kappa shape index (κ3) is 9.79. The van der Waals surface area contributed by atoms with Crippen LogP contribution < -0.4 is 4.72 Å². The topological polar surface area (TPSA) is 61.9 Å². The molecule has 0 amide bonds. The van der Waals surface area contributed by atoms with E-state index in [9.17, 15) is 8.42 Å². The summed E-state index contributed by atoms with van der Waals surface area (Å²) in [5, 5.41) is 0.576. The maximum atomic E-state index is 12.7. The monoisotopic (exact) mass is 485 g/mol. The van der Waals surface area contributed by atoms with E-state index < -0.39 is 10.2 Å². The SMILES string of the molecule is C=CCN(C)CCCCCCCO[C@H]1CC[C@H](N(C)S(=O)(=O)Nc2ccc(Cl)cc2)CC1. The lowest BCUT2D eigenvalue weighted by atomic mass is 9.93. The zero-order valence-electron chi connectivity index (χ0n) is 19.6. The quantitative estimate of drug-likeness (QED) is 0.269. The number of hydrogen-bond donors (Lipinski definition) is 1. The summed E-state index contributed by atoms with van der Waals surface area (Å²) in [5.41, 5.74) is 0.516. The minimum absolute atomic E-state index is 0.00105. The Morgan fingerprint density at radius 1 is 1.06 bits per heavy atom. The van der Waals surface area contributed by atoms with Crippen molar-refractivity contribution >= 4 is 27.5 Å². The second-order valence-corrected chi connectivity index (χ2v) is 10.9. The Morgan fingerprint density at radius 2 is 1.69 bits per heavy atom. The van der Waals surface area contributed by atoms with Crippen molar-refractivity contribution in [1.82, 2.24) is 9.21 Å². The van der Waals surface area contributed by atoms with E-state index in [-0.39, 0.29) is 12.1 Å². The standard InChI is InChI=1S/C24H40ClN3O3S/c1-4-18-27(2)19-8-6-5-7-9-20-31-24-16-14-23(15-17-24)28(3)32(29,30)26-22-12-10-21(25)11-13-22/h4,10-13,23-24,26H,1,5-9,14-20H2,2-3H3/t23-,24-. The number of hydrogen-bond acceptors (Lipinski definition) is 4. The van der Waals surface area contributed by atoms with Crippen molar-refractivity contribution in [3.05, 3.63) is 41.9 Å². The van der Waals surface area contributed by atoms with Crippen molar-refractivity contribution in [2.24, 2.45) is 0 Å². The molecule has 1 aromatic rings. The molecule has 2 rings (SSSR count). The van der Waals surface area contributed by atoms with E-state index in [0.29, 0.717) is 10.7 Å². The van der Waals surface area contributed by atoms with Crippen LogP contribution in [0.3, 0.4) is 0 Å². The normalized spacial score (nSPS) is 19.4. The Bertz CT molecular complexity index is 765. The smallest absolute Gasteiger partial charge is 0.301 e. The van der Waals surface area contributed by atoms with Crippen molar-refractivity contribution in [2.45, 2.75) is 69.9 Å². The van der Waals surface area contributed by atoms with E-state index in [0.717, 1.165) is 51.8 Å². The molecule has 6 nitrogen and oxygen atoms in total. The average Bonchev–Trinajstić information content (AvgIpc) is 2.77. The van der Waals surface area contributed by atoms with Gasteiger partial charge in [-0.25, -0.2) is 0 Å². The van der Waals surface area contributed by atoms with Gasteiger partial charge in [-0.15, -0.1) is 6.58 Å². The number of anilines is 1. The number of nitrogens with zero attached hydrogens (tertiary/aromatic N) is 2. The highest BCUT2D eigenvalue weighted by atomic mass is 35.5. The zero-order chi connectivity index (χ0) is 23.4. The summed E-state index contributed by atoms with van der Waals surface area (Å²) in [4.78, 5) is 2.29. The van der Waals surface area contributed by atoms with Crippen molar-refractivity contribution in [3.8, 4) is 0 Å². The van der Waals surface area contributed by atoms with Crippen molar-refractivity contribution in [1.29, 1.82) is 0 Å². The van der Waals surface area contributed by atoms with E-state index in [2.05, 4.69) is 23.2 Å². The number of rotatable bonds is 15. The Balaban J connectivity index is 1.58.